The van der Waals surface area contributed by atoms with E-state index in [1.54, 1.807) is 7.05 Å². The summed E-state index contributed by atoms with van der Waals surface area (Å²) in [5, 5.41) is 6.08. The predicted octanol–water partition coefficient (Wildman–Crippen LogP) is 1.29. The fraction of sp³-hybridized carbons (Fsp3) is 0.909. The lowest BCUT2D eigenvalue weighted by Gasteiger charge is -2.15. The average molecular weight is 198 g/mol. The van der Waals surface area contributed by atoms with Gasteiger partial charge in [0.05, 0.1) is 0 Å². The molecular weight excluding hydrogens is 176 g/mol. The Bertz CT molecular complexity index is 178. The molecule has 3 nitrogen and oxygen atoms in total. The van der Waals surface area contributed by atoms with Gasteiger partial charge in [0.2, 0.25) is 5.91 Å². The van der Waals surface area contributed by atoms with Crippen LogP contribution in [0.15, 0.2) is 0 Å². The summed E-state index contributed by atoms with van der Waals surface area (Å²) in [4.78, 5) is 11.0. The SMILES string of the molecule is CCC(CC1CC1)NCCC(=O)NC. The second-order valence-electron chi connectivity index (χ2n) is 4.16. The van der Waals surface area contributed by atoms with E-state index < -0.39 is 0 Å². The van der Waals surface area contributed by atoms with Crippen molar-refractivity contribution in [3.63, 3.8) is 0 Å². The summed E-state index contributed by atoms with van der Waals surface area (Å²) in [6, 6.07) is 0.618. The van der Waals surface area contributed by atoms with Crippen LogP contribution >= 0.6 is 0 Å². The monoisotopic (exact) mass is 198 g/mol. The first-order valence-electron chi connectivity index (χ1n) is 5.70. The van der Waals surface area contributed by atoms with Gasteiger partial charge in [0.25, 0.3) is 0 Å². The van der Waals surface area contributed by atoms with E-state index in [0.29, 0.717) is 12.5 Å². The van der Waals surface area contributed by atoms with Crippen LogP contribution in [0, 0.1) is 5.92 Å². The Morgan fingerprint density at radius 3 is 2.71 bits per heavy atom. The third kappa shape index (κ3) is 4.61. The first kappa shape index (κ1) is 11.5. The summed E-state index contributed by atoms with van der Waals surface area (Å²) in [5.74, 6) is 1.09. The summed E-state index contributed by atoms with van der Waals surface area (Å²) in [6.45, 7) is 3.02. The van der Waals surface area contributed by atoms with Gasteiger partial charge in [0, 0.05) is 26.1 Å². The smallest absolute Gasteiger partial charge is 0.221 e. The number of hydrogen-bond acceptors (Lipinski definition) is 2. The zero-order valence-corrected chi connectivity index (χ0v) is 9.31. The van der Waals surface area contributed by atoms with Gasteiger partial charge in [-0.25, -0.2) is 0 Å². The molecule has 0 aromatic heterocycles. The molecule has 1 atom stereocenters. The Morgan fingerprint density at radius 2 is 2.21 bits per heavy atom. The first-order valence-corrected chi connectivity index (χ1v) is 5.70. The highest BCUT2D eigenvalue weighted by Gasteiger charge is 2.24. The average Bonchev–Trinajstić information content (AvgIpc) is 2.99. The van der Waals surface area contributed by atoms with E-state index in [2.05, 4.69) is 17.6 Å². The van der Waals surface area contributed by atoms with Crippen molar-refractivity contribution in [3.8, 4) is 0 Å². The van der Waals surface area contributed by atoms with Gasteiger partial charge in [-0.2, -0.15) is 0 Å². The minimum absolute atomic E-state index is 0.124. The van der Waals surface area contributed by atoms with Gasteiger partial charge < -0.3 is 10.6 Å². The molecule has 0 radical (unpaired) electrons. The maximum Gasteiger partial charge on any atom is 0.221 e. The van der Waals surface area contributed by atoms with E-state index in [-0.39, 0.29) is 5.91 Å². The fourth-order valence-electron chi connectivity index (χ4n) is 1.67. The standard InChI is InChI=1S/C11H22N2O/c1-3-10(8-9-4-5-9)13-7-6-11(14)12-2/h9-10,13H,3-8H2,1-2H3,(H,12,14). The zero-order chi connectivity index (χ0) is 10.4. The minimum Gasteiger partial charge on any atom is -0.359 e. The third-order valence-corrected chi connectivity index (χ3v) is 2.87. The van der Waals surface area contributed by atoms with Crippen molar-refractivity contribution >= 4 is 5.91 Å². The van der Waals surface area contributed by atoms with E-state index >= 15 is 0 Å². The topological polar surface area (TPSA) is 41.1 Å². The normalized spacial score (nSPS) is 17.9. The molecule has 1 saturated carbocycles. The molecule has 1 unspecified atom stereocenters. The first-order chi connectivity index (χ1) is 6.76. The number of carbonyl (C=O) groups excluding carboxylic acids is 1. The molecule has 0 heterocycles. The summed E-state index contributed by atoms with van der Waals surface area (Å²) < 4.78 is 0. The van der Waals surface area contributed by atoms with Crippen LogP contribution in [0.3, 0.4) is 0 Å². The number of hydrogen-bond donors (Lipinski definition) is 2. The fourth-order valence-corrected chi connectivity index (χ4v) is 1.67. The lowest BCUT2D eigenvalue weighted by Crippen LogP contribution is -2.32. The summed E-state index contributed by atoms with van der Waals surface area (Å²) in [6.07, 6.45) is 5.88. The predicted molar refractivity (Wildman–Crippen MR) is 58.1 cm³/mol. The van der Waals surface area contributed by atoms with E-state index in [1.807, 2.05) is 0 Å². The third-order valence-electron chi connectivity index (χ3n) is 2.87. The molecule has 1 fully saturated rings. The Labute approximate surface area is 86.6 Å². The number of carbonyl (C=O) groups is 1. The molecular formula is C11H22N2O. The van der Waals surface area contributed by atoms with E-state index in [9.17, 15) is 4.79 Å². The van der Waals surface area contributed by atoms with Crippen molar-refractivity contribution in [1.29, 1.82) is 0 Å². The molecule has 2 N–H and O–H groups in total. The number of nitrogens with one attached hydrogen (secondary N) is 2. The van der Waals surface area contributed by atoms with Crippen molar-refractivity contribution in [2.24, 2.45) is 5.92 Å². The van der Waals surface area contributed by atoms with Crippen molar-refractivity contribution in [1.82, 2.24) is 10.6 Å². The van der Waals surface area contributed by atoms with E-state index in [4.69, 9.17) is 0 Å². The highest BCUT2D eigenvalue weighted by atomic mass is 16.1. The van der Waals surface area contributed by atoms with Gasteiger partial charge in [-0.15, -0.1) is 0 Å². The highest BCUT2D eigenvalue weighted by Crippen LogP contribution is 2.33. The lowest BCUT2D eigenvalue weighted by atomic mass is 10.1. The van der Waals surface area contributed by atoms with Crippen LogP contribution in [0.1, 0.15) is 39.0 Å². The van der Waals surface area contributed by atoms with Gasteiger partial charge in [-0.1, -0.05) is 19.8 Å². The van der Waals surface area contributed by atoms with Crippen molar-refractivity contribution < 1.29 is 4.79 Å². The molecule has 1 aliphatic carbocycles. The van der Waals surface area contributed by atoms with Crippen LogP contribution in [0.25, 0.3) is 0 Å². The lowest BCUT2D eigenvalue weighted by molar-refractivity contribution is -0.120. The molecule has 0 aromatic carbocycles. The van der Waals surface area contributed by atoms with Gasteiger partial charge >= 0.3 is 0 Å². The highest BCUT2D eigenvalue weighted by molar-refractivity contribution is 5.75. The van der Waals surface area contributed by atoms with Gasteiger partial charge in [-0.3, -0.25) is 4.79 Å². The van der Waals surface area contributed by atoms with Crippen molar-refractivity contribution in [3.05, 3.63) is 0 Å². The molecule has 3 heteroatoms. The molecule has 14 heavy (non-hydrogen) atoms. The van der Waals surface area contributed by atoms with Crippen LogP contribution in [-0.2, 0) is 4.79 Å². The van der Waals surface area contributed by atoms with Crippen LogP contribution in [0.4, 0.5) is 0 Å². The van der Waals surface area contributed by atoms with Gasteiger partial charge in [0.1, 0.15) is 0 Å². The van der Waals surface area contributed by atoms with E-state index in [0.717, 1.165) is 12.5 Å². The maximum atomic E-state index is 11.0. The Morgan fingerprint density at radius 1 is 1.50 bits per heavy atom. The second-order valence-corrected chi connectivity index (χ2v) is 4.16. The molecule has 0 saturated heterocycles. The quantitative estimate of drug-likeness (QED) is 0.647. The molecule has 0 aliphatic heterocycles. The largest absolute Gasteiger partial charge is 0.359 e. The van der Waals surface area contributed by atoms with Crippen molar-refractivity contribution in [2.45, 2.75) is 45.1 Å². The maximum absolute atomic E-state index is 11.0. The Hall–Kier alpha value is -0.570. The van der Waals surface area contributed by atoms with Crippen LogP contribution in [0.2, 0.25) is 0 Å². The van der Waals surface area contributed by atoms with Gasteiger partial charge in [-0.05, 0) is 18.8 Å². The number of amides is 1. The summed E-state index contributed by atoms with van der Waals surface area (Å²) in [5.41, 5.74) is 0. The Kier molecular flexibility index (Phi) is 4.94. The van der Waals surface area contributed by atoms with Crippen LogP contribution < -0.4 is 10.6 Å². The molecule has 1 rings (SSSR count). The Balaban J connectivity index is 2.04. The molecule has 0 spiro atoms. The van der Waals surface area contributed by atoms with E-state index in [1.165, 1.54) is 25.7 Å². The van der Waals surface area contributed by atoms with Crippen molar-refractivity contribution in [2.75, 3.05) is 13.6 Å². The molecule has 1 aliphatic rings. The molecule has 82 valence electrons. The van der Waals surface area contributed by atoms with Gasteiger partial charge in [0.15, 0.2) is 0 Å². The molecule has 0 bridgehead atoms. The second kappa shape index (κ2) is 6.02. The summed E-state index contributed by atoms with van der Waals surface area (Å²) in [7, 11) is 1.68. The van der Waals surface area contributed by atoms with Crippen LogP contribution in [0.5, 0.6) is 0 Å². The molecule has 1 amide bonds. The number of rotatable bonds is 7. The minimum atomic E-state index is 0.124. The summed E-state index contributed by atoms with van der Waals surface area (Å²) >= 11 is 0. The molecule has 0 aromatic rings. The zero-order valence-electron chi connectivity index (χ0n) is 9.31. The van der Waals surface area contributed by atoms with Crippen LogP contribution in [-0.4, -0.2) is 25.5 Å².